The number of ether oxygens (including phenoxy) is 1. The monoisotopic (exact) mass is 249 g/mol. The first-order chi connectivity index (χ1) is 8.24. The van der Waals surface area contributed by atoms with Gasteiger partial charge in [0.05, 0.1) is 13.2 Å². The van der Waals surface area contributed by atoms with Gasteiger partial charge in [-0.2, -0.15) is 0 Å². The molecular weight excluding hydrogens is 234 g/mol. The largest absolute Gasteiger partial charge is 0.497 e. The molecule has 0 saturated heterocycles. The van der Waals surface area contributed by atoms with E-state index >= 15 is 0 Å². The van der Waals surface area contributed by atoms with E-state index < -0.39 is 0 Å². The fraction of sp³-hybridized carbons (Fsp3) is 0.333. The van der Waals surface area contributed by atoms with Crippen LogP contribution in [0.5, 0.6) is 5.75 Å². The van der Waals surface area contributed by atoms with E-state index in [0.29, 0.717) is 0 Å². The fourth-order valence-corrected chi connectivity index (χ4v) is 2.34. The smallest absolute Gasteiger partial charge is 0.147 e. The quantitative estimate of drug-likeness (QED) is 0.904. The fourth-order valence-electron chi connectivity index (χ4n) is 1.41. The number of rotatable bonds is 4. The number of methoxy groups -OCH3 is 1. The van der Waals surface area contributed by atoms with Crippen molar-refractivity contribution < 1.29 is 4.74 Å². The zero-order valence-electron chi connectivity index (χ0n) is 9.88. The Morgan fingerprint density at radius 2 is 2.00 bits per heavy atom. The lowest BCUT2D eigenvalue weighted by Crippen LogP contribution is -2.07. The molecule has 0 bridgehead atoms. The summed E-state index contributed by atoms with van der Waals surface area (Å²) in [4.78, 5) is 0. The van der Waals surface area contributed by atoms with Gasteiger partial charge in [-0.3, -0.25) is 0 Å². The third-order valence-corrected chi connectivity index (χ3v) is 3.64. The standard InChI is InChI=1S/C12H15N3OS/c1-3-10(13)12-15-14-11(17-12)8-4-6-9(16-2)7-5-8/h4-7,10H,3,13H2,1-2H3. The molecule has 2 rings (SSSR count). The molecule has 90 valence electrons. The van der Waals surface area contributed by atoms with E-state index in [-0.39, 0.29) is 6.04 Å². The summed E-state index contributed by atoms with van der Waals surface area (Å²) in [5.74, 6) is 0.837. The minimum absolute atomic E-state index is 0.0144. The van der Waals surface area contributed by atoms with Crippen LogP contribution < -0.4 is 10.5 Å². The molecule has 0 aliphatic heterocycles. The van der Waals surface area contributed by atoms with Gasteiger partial charge >= 0.3 is 0 Å². The van der Waals surface area contributed by atoms with Gasteiger partial charge in [-0.15, -0.1) is 10.2 Å². The molecule has 0 spiro atoms. The van der Waals surface area contributed by atoms with Crippen LogP contribution in [0.25, 0.3) is 10.6 Å². The normalized spacial score (nSPS) is 12.4. The Kier molecular flexibility index (Phi) is 3.71. The lowest BCUT2D eigenvalue weighted by molar-refractivity contribution is 0.415. The second-order valence-electron chi connectivity index (χ2n) is 3.69. The first-order valence-electron chi connectivity index (χ1n) is 5.48. The zero-order valence-corrected chi connectivity index (χ0v) is 10.7. The Hall–Kier alpha value is -1.46. The lowest BCUT2D eigenvalue weighted by Gasteiger charge is -2.01. The molecule has 1 aromatic heterocycles. The molecule has 1 unspecified atom stereocenters. The van der Waals surface area contributed by atoms with E-state index in [2.05, 4.69) is 10.2 Å². The summed E-state index contributed by atoms with van der Waals surface area (Å²) in [6.07, 6.45) is 0.872. The zero-order chi connectivity index (χ0) is 12.3. The van der Waals surface area contributed by atoms with Crippen molar-refractivity contribution in [3.05, 3.63) is 29.3 Å². The Bertz CT molecular complexity index is 481. The SMILES string of the molecule is CCC(N)c1nnc(-c2ccc(OC)cc2)s1. The van der Waals surface area contributed by atoms with E-state index in [1.807, 2.05) is 31.2 Å². The van der Waals surface area contributed by atoms with E-state index in [1.165, 1.54) is 0 Å². The summed E-state index contributed by atoms with van der Waals surface area (Å²) in [6.45, 7) is 2.04. The molecule has 4 nitrogen and oxygen atoms in total. The second kappa shape index (κ2) is 5.25. The Morgan fingerprint density at radius 3 is 2.59 bits per heavy atom. The first-order valence-corrected chi connectivity index (χ1v) is 6.29. The summed E-state index contributed by atoms with van der Waals surface area (Å²) in [5, 5.41) is 10.1. The van der Waals surface area contributed by atoms with Crippen molar-refractivity contribution in [3.8, 4) is 16.3 Å². The van der Waals surface area contributed by atoms with Crippen LogP contribution in [0.4, 0.5) is 0 Å². The van der Waals surface area contributed by atoms with E-state index in [4.69, 9.17) is 10.5 Å². The summed E-state index contributed by atoms with van der Waals surface area (Å²) >= 11 is 1.54. The Morgan fingerprint density at radius 1 is 1.29 bits per heavy atom. The van der Waals surface area contributed by atoms with Crippen LogP contribution in [0.3, 0.4) is 0 Å². The molecule has 0 aliphatic carbocycles. The predicted molar refractivity (Wildman–Crippen MR) is 69.1 cm³/mol. The van der Waals surface area contributed by atoms with E-state index in [1.54, 1.807) is 18.4 Å². The number of hydrogen-bond donors (Lipinski definition) is 1. The second-order valence-corrected chi connectivity index (χ2v) is 4.70. The molecular formula is C12H15N3OS. The molecule has 0 amide bonds. The molecule has 0 aliphatic rings. The number of hydrogen-bond acceptors (Lipinski definition) is 5. The highest BCUT2D eigenvalue weighted by molar-refractivity contribution is 7.14. The van der Waals surface area contributed by atoms with Crippen LogP contribution in [0.2, 0.25) is 0 Å². The van der Waals surface area contributed by atoms with Crippen LogP contribution >= 0.6 is 11.3 Å². The van der Waals surface area contributed by atoms with Gasteiger partial charge in [0, 0.05) is 5.56 Å². The molecule has 2 aromatic rings. The van der Waals surface area contributed by atoms with Gasteiger partial charge in [-0.1, -0.05) is 18.3 Å². The number of nitrogens with zero attached hydrogens (tertiary/aromatic N) is 2. The molecule has 0 radical (unpaired) electrons. The molecule has 2 N–H and O–H groups in total. The van der Waals surface area contributed by atoms with Crippen LogP contribution in [-0.4, -0.2) is 17.3 Å². The highest BCUT2D eigenvalue weighted by Crippen LogP contribution is 2.28. The molecule has 1 atom stereocenters. The number of nitrogens with two attached hydrogens (primary N) is 1. The average molecular weight is 249 g/mol. The van der Waals surface area contributed by atoms with Gasteiger partial charge in [-0.05, 0) is 30.7 Å². The maximum Gasteiger partial charge on any atom is 0.147 e. The third-order valence-electron chi connectivity index (χ3n) is 2.53. The van der Waals surface area contributed by atoms with Gasteiger partial charge < -0.3 is 10.5 Å². The molecule has 0 saturated carbocycles. The van der Waals surface area contributed by atoms with Crippen LogP contribution in [0.15, 0.2) is 24.3 Å². The lowest BCUT2D eigenvalue weighted by atomic mass is 10.2. The van der Waals surface area contributed by atoms with Gasteiger partial charge in [0.25, 0.3) is 0 Å². The Balaban J connectivity index is 2.24. The molecule has 0 fully saturated rings. The van der Waals surface area contributed by atoms with Crippen molar-refractivity contribution in [3.63, 3.8) is 0 Å². The summed E-state index contributed by atoms with van der Waals surface area (Å²) < 4.78 is 5.11. The minimum Gasteiger partial charge on any atom is -0.497 e. The number of aromatic nitrogens is 2. The average Bonchev–Trinajstić information content (AvgIpc) is 2.87. The van der Waals surface area contributed by atoms with Gasteiger partial charge in [-0.25, -0.2) is 0 Å². The first kappa shape index (κ1) is 12.0. The Labute approximate surface area is 104 Å². The molecule has 1 heterocycles. The maximum absolute atomic E-state index is 5.92. The van der Waals surface area contributed by atoms with E-state index in [0.717, 1.165) is 27.7 Å². The third kappa shape index (κ3) is 2.62. The van der Waals surface area contributed by atoms with Crippen molar-refractivity contribution >= 4 is 11.3 Å². The summed E-state index contributed by atoms with van der Waals surface area (Å²) in [6, 6.07) is 7.76. The van der Waals surface area contributed by atoms with Gasteiger partial charge in [0.15, 0.2) is 0 Å². The summed E-state index contributed by atoms with van der Waals surface area (Å²) in [5.41, 5.74) is 6.96. The summed E-state index contributed by atoms with van der Waals surface area (Å²) in [7, 11) is 1.65. The van der Waals surface area contributed by atoms with Crippen molar-refractivity contribution in [1.82, 2.24) is 10.2 Å². The predicted octanol–water partition coefficient (Wildman–Crippen LogP) is 2.62. The topological polar surface area (TPSA) is 61.0 Å². The van der Waals surface area contributed by atoms with Crippen LogP contribution in [0.1, 0.15) is 24.4 Å². The van der Waals surface area contributed by atoms with Crippen molar-refractivity contribution in [2.24, 2.45) is 5.73 Å². The number of benzene rings is 1. The van der Waals surface area contributed by atoms with Gasteiger partial charge in [0.2, 0.25) is 0 Å². The highest BCUT2D eigenvalue weighted by Gasteiger charge is 2.11. The minimum atomic E-state index is -0.0144. The van der Waals surface area contributed by atoms with Crippen molar-refractivity contribution in [2.75, 3.05) is 7.11 Å². The highest BCUT2D eigenvalue weighted by atomic mass is 32.1. The van der Waals surface area contributed by atoms with Crippen LogP contribution in [0, 0.1) is 0 Å². The molecule has 17 heavy (non-hydrogen) atoms. The van der Waals surface area contributed by atoms with E-state index in [9.17, 15) is 0 Å². The van der Waals surface area contributed by atoms with Crippen molar-refractivity contribution in [2.45, 2.75) is 19.4 Å². The molecule has 5 heteroatoms. The maximum atomic E-state index is 5.92. The van der Waals surface area contributed by atoms with Crippen LogP contribution in [-0.2, 0) is 0 Å². The van der Waals surface area contributed by atoms with Crippen molar-refractivity contribution in [1.29, 1.82) is 0 Å². The molecule has 1 aromatic carbocycles. The van der Waals surface area contributed by atoms with Gasteiger partial charge in [0.1, 0.15) is 15.8 Å².